The highest BCUT2D eigenvalue weighted by atomic mass is 35.5. The zero-order valence-electron chi connectivity index (χ0n) is 4.08. The monoisotopic (exact) mass is 114 g/mol. The van der Waals surface area contributed by atoms with Crippen LogP contribution in [-0.4, -0.2) is 5.38 Å². The minimum atomic E-state index is 0.456. The molecule has 1 unspecified atom stereocenters. The van der Waals surface area contributed by atoms with Crippen molar-refractivity contribution in [1.29, 1.82) is 0 Å². The van der Waals surface area contributed by atoms with Crippen LogP contribution in [0.5, 0.6) is 0 Å². The van der Waals surface area contributed by atoms with E-state index in [9.17, 15) is 0 Å². The Morgan fingerprint density at radius 3 is 2.14 bits per heavy atom. The van der Waals surface area contributed by atoms with Crippen molar-refractivity contribution < 1.29 is 0 Å². The molecule has 2 rings (SSSR count). The van der Waals surface area contributed by atoms with Crippen molar-refractivity contribution in [1.82, 2.24) is 0 Å². The number of alkyl halides is 1. The summed E-state index contributed by atoms with van der Waals surface area (Å²) in [6, 6.07) is 0. The quantitative estimate of drug-likeness (QED) is 0.334. The Bertz CT molecular complexity index is 129. The van der Waals surface area contributed by atoms with Gasteiger partial charge in [-0.2, -0.15) is 0 Å². The van der Waals surface area contributed by atoms with Gasteiger partial charge in [-0.3, -0.25) is 0 Å². The second kappa shape index (κ2) is 1.05. The largest absolute Gasteiger partial charge is 0.118 e. The Hall–Kier alpha value is 0.0300. The lowest BCUT2D eigenvalue weighted by atomic mass is 10.5. The van der Waals surface area contributed by atoms with E-state index in [-0.39, 0.29) is 0 Å². The summed E-state index contributed by atoms with van der Waals surface area (Å²) in [5.74, 6) is 0. The van der Waals surface area contributed by atoms with Crippen LogP contribution in [0.25, 0.3) is 0 Å². The van der Waals surface area contributed by atoms with E-state index in [4.69, 9.17) is 11.6 Å². The smallest absolute Gasteiger partial charge is 0.0586 e. The van der Waals surface area contributed by atoms with Crippen LogP contribution in [0.1, 0.15) is 19.3 Å². The van der Waals surface area contributed by atoms with Crippen molar-refractivity contribution in [2.45, 2.75) is 24.6 Å². The van der Waals surface area contributed by atoms with E-state index in [1.165, 1.54) is 19.3 Å². The average molecular weight is 115 g/mol. The topological polar surface area (TPSA) is 0 Å². The third-order valence-corrected chi connectivity index (χ3v) is 1.99. The van der Waals surface area contributed by atoms with Crippen molar-refractivity contribution in [2.24, 2.45) is 0 Å². The van der Waals surface area contributed by atoms with Gasteiger partial charge < -0.3 is 0 Å². The summed E-state index contributed by atoms with van der Waals surface area (Å²) in [7, 11) is 0. The number of hydrogen-bond acceptors (Lipinski definition) is 0. The first-order chi connectivity index (χ1) is 3.38. The summed E-state index contributed by atoms with van der Waals surface area (Å²) < 4.78 is 0. The first-order valence-electron chi connectivity index (χ1n) is 2.73. The van der Waals surface area contributed by atoms with Gasteiger partial charge in [0.1, 0.15) is 0 Å². The minimum Gasteiger partial charge on any atom is -0.118 e. The van der Waals surface area contributed by atoms with Gasteiger partial charge >= 0.3 is 0 Å². The number of hydrogen-bond donors (Lipinski definition) is 0. The SMILES string of the molecule is ClC1CC1=C1CC1. The van der Waals surface area contributed by atoms with Gasteiger partial charge in [0.2, 0.25) is 0 Å². The molecule has 0 saturated heterocycles. The van der Waals surface area contributed by atoms with Gasteiger partial charge in [0, 0.05) is 0 Å². The van der Waals surface area contributed by atoms with Gasteiger partial charge in [0.05, 0.1) is 5.38 Å². The molecule has 0 aromatic heterocycles. The Kier molecular flexibility index (Phi) is 0.597. The third kappa shape index (κ3) is 0.577. The summed E-state index contributed by atoms with van der Waals surface area (Å²) in [6.45, 7) is 0. The van der Waals surface area contributed by atoms with Gasteiger partial charge in [0.25, 0.3) is 0 Å². The second-order valence-electron chi connectivity index (χ2n) is 2.30. The van der Waals surface area contributed by atoms with E-state index in [1.807, 2.05) is 0 Å². The zero-order chi connectivity index (χ0) is 4.85. The molecule has 7 heavy (non-hydrogen) atoms. The summed E-state index contributed by atoms with van der Waals surface area (Å²) in [4.78, 5) is 0. The Balaban J connectivity index is 2.22. The Morgan fingerprint density at radius 2 is 2.00 bits per heavy atom. The molecular formula is C6H7Cl. The summed E-state index contributed by atoms with van der Waals surface area (Å²) in [5.41, 5.74) is 3.21. The molecule has 0 nitrogen and oxygen atoms in total. The van der Waals surface area contributed by atoms with Crippen molar-refractivity contribution >= 4 is 11.6 Å². The lowest BCUT2D eigenvalue weighted by Gasteiger charge is -1.64. The zero-order valence-corrected chi connectivity index (χ0v) is 4.83. The average Bonchev–Trinajstić information content (AvgIpc) is 2.23. The molecule has 0 spiro atoms. The van der Waals surface area contributed by atoms with Crippen LogP contribution in [0.2, 0.25) is 0 Å². The molecule has 1 atom stereocenters. The molecule has 38 valence electrons. The molecule has 2 aliphatic rings. The van der Waals surface area contributed by atoms with Gasteiger partial charge in [-0.05, 0) is 19.3 Å². The van der Waals surface area contributed by atoms with Crippen LogP contribution in [0.15, 0.2) is 11.1 Å². The van der Waals surface area contributed by atoms with E-state index in [1.54, 1.807) is 11.1 Å². The van der Waals surface area contributed by atoms with Crippen LogP contribution in [0.3, 0.4) is 0 Å². The fourth-order valence-corrected chi connectivity index (χ4v) is 1.20. The van der Waals surface area contributed by atoms with Crippen molar-refractivity contribution in [2.75, 3.05) is 0 Å². The molecule has 0 aromatic carbocycles. The van der Waals surface area contributed by atoms with E-state index in [0.29, 0.717) is 5.38 Å². The van der Waals surface area contributed by atoms with Gasteiger partial charge in [0.15, 0.2) is 0 Å². The van der Waals surface area contributed by atoms with Crippen molar-refractivity contribution in [3.05, 3.63) is 11.1 Å². The molecule has 0 heterocycles. The molecule has 2 saturated carbocycles. The normalized spacial score (nSPS) is 36.4. The summed E-state index contributed by atoms with van der Waals surface area (Å²) in [6.07, 6.45) is 3.88. The molecule has 0 amide bonds. The summed E-state index contributed by atoms with van der Waals surface area (Å²) in [5, 5.41) is 0.456. The maximum Gasteiger partial charge on any atom is 0.0586 e. The van der Waals surface area contributed by atoms with Crippen LogP contribution in [0, 0.1) is 0 Å². The Labute approximate surface area is 48.2 Å². The predicted octanol–water partition coefficient (Wildman–Crippen LogP) is 2.09. The van der Waals surface area contributed by atoms with Crippen LogP contribution in [-0.2, 0) is 0 Å². The lowest BCUT2D eigenvalue weighted by Crippen LogP contribution is -1.54. The highest BCUT2D eigenvalue weighted by molar-refractivity contribution is 6.25. The first kappa shape index (κ1) is 3.96. The van der Waals surface area contributed by atoms with Crippen LogP contribution < -0.4 is 0 Å². The maximum atomic E-state index is 5.73. The first-order valence-corrected chi connectivity index (χ1v) is 3.16. The van der Waals surface area contributed by atoms with E-state index < -0.39 is 0 Å². The highest BCUT2D eigenvalue weighted by Gasteiger charge is 2.33. The molecule has 0 radical (unpaired) electrons. The highest BCUT2D eigenvalue weighted by Crippen LogP contribution is 2.46. The molecule has 0 aromatic rings. The van der Waals surface area contributed by atoms with Crippen molar-refractivity contribution in [3.63, 3.8) is 0 Å². The molecule has 2 aliphatic carbocycles. The van der Waals surface area contributed by atoms with Gasteiger partial charge in [-0.15, -0.1) is 11.6 Å². The molecule has 0 bridgehead atoms. The van der Waals surface area contributed by atoms with Crippen molar-refractivity contribution in [3.8, 4) is 0 Å². The predicted molar refractivity (Wildman–Crippen MR) is 30.5 cm³/mol. The number of halogens is 1. The van der Waals surface area contributed by atoms with Crippen LogP contribution in [0.4, 0.5) is 0 Å². The number of allylic oxidation sites excluding steroid dienone is 2. The number of rotatable bonds is 0. The summed E-state index contributed by atoms with van der Waals surface area (Å²) >= 11 is 5.73. The molecule has 0 aliphatic heterocycles. The van der Waals surface area contributed by atoms with E-state index in [0.717, 1.165) is 0 Å². The fraction of sp³-hybridized carbons (Fsp3) is 0.667. The standard InChI is InChI=1S/C6H7Cl/c7-6-3-5(6)4-1-2-4/h6H,1-3H2. The van der Waals surface area contributed by atoms with Crippen LogP contribution >= 0.6 is 11.6 Å². The molecular weight excluding hydrogens is 108 g/mol. The van der Waals surface area contributed by atoms with Gasteiger partial charge in [-0.1, -0.05) is 11.1 Å². The Morgan fingerprint density at radius 1 is 1.43 bits per heavy atom. The fourth-order valence-electron chi connectivity index (χ4n) is 0.884. The minimum absolute atomic E-state index is 0.456. The molecule has 2 fully saturated rings. The van der Waals surface area contributed by atoms with E-state index in [2.05, 4.69) is 0 Å². The van der Waals surface area contributed by atoms with Gasteiger partial charge in [-0.25, -0.2) is 0 Å². The lowest BCUT2D eigenvalue weighted by molar-refractivity contribution is 1.50. The third-order valence-electron chi connectivity index (χ3n) is 1.57. The molecule has 1 heteroatoms. The molecule has 0 N–H and O–H groups in total. The second-order valence-corrected chi connectivity index (χ2v) is 2.83. The van der Waals surface area contributed by atoms with E-state index >= 15 is 0 Å². The maximum absolute atomic E-state index is 5.73.